The maximum atomic E-state index is 14.0. The van der Waals surface area contributed by atoms with Gasteiger partial charge in [-0.15, -0.1) is 12.4 Å². The number of aromatic amines is 1. The molecular formula is C17H22ClFN4O. The number of nitrogens with one attached hydrogen (secondary N) is 1. The molecule has 24 heavy (non-hydrogen) atoms. The van der Waals surface area contributed by atoms with Crippen LogP contribution >= 0.6 is 12.4 Å². The van der Waals surface area contributed by atoms with Crippen molar-refractivity contribution in [3.63, 3.8) is 0 Å². The molecule has 2 unspecified atom stereocenters. The van der Waals surface area contributed by atoms with E-state index >= 15 is 0 Å². The van der Waals surface area contributed by atoms with Gasteiger partial charge in [-0.3, -0.25) is 9.89 Å². The maximum Gasteiger partial charge on any atom is 0.257 e. The lowest BCUT2D eigenvalue weighted by molar-refractivity contribution is 0.0662. The largest absolute Gasteiger partial charge is 0.338 e. The second kappa shape index (κ2) is 7.77. The lowest BCUT2D eigenvalue weighted by Gasteiger charge is -2.34. The van der Waals surface area contributed by atoms with Crippen LogP contribution in [-0.2, 0) is 0 Å². The number of halogens is 2. The van der Waals surface area contributed by atoms with Crippen LogP contribution in [-0.4, -0.2) is 40.1 Å². The summed E-state index contributed by atoms with van der Waals surface area (Å²) in [5.74, 6) is -0.197. The predicted molar refractivity (Wildman–Crippen MR) is 93.5 cm³/mol. The van der Waals surface area contributed by atoms with Crippen molar-refractivity contribution in [3.05, 3.63) is 41.8 Å². The first-order valence-corrected chi connectivity index (χ1v) is 7.91. The fraction of sp³-hybridized carbons (Fsp3) is 0.412. The van der Waals surface area contributed by atoms with Crippen molar-refractivity contribution in [2.24, 2.45) is 11.7 Å². The second-order valence-electron chi connectivity index (χ2n) is 6.15. The number of hydrogen-bond acceptors (Lipinski definition) is 3. The van der Waals surface area contributed by atoms with Crippen LogP contribution in [0, 0.1) is 11.7 Å². The number of aromatic nitrogens is 2. The molecule has 0 saturated carbocycles. The standard InChI is InChI=1S/C17H21FN4O.ClH/c1-11(19)12-5-4-8-22(10-12)17(23)14-9-20-21-16(14)13-6-2-3-7-15(13)18;/h2-3,6-7,9,11-12H,4-5,8,10,19H2,1H3,(H,20,21);1H. The van der Waals surface area contributed by atoms with Crippen molar-refractivity contribution >= 4 is 18.3 Å². The average Bonchev–Trinajstić information content (AvgIpc) is 3.04. The maximum absolute atomic E-state index is 14.0. The topological polar surface area (TPSA) is 75.0 Å². The third-order valence-corrected chi connectivity index (χ3v) is 4.50. The van der Waals surface area contributed by atoms with Crippen LogP contribution in [0.5, 0.6) is 0 Å². The van der Waals surface area contributed by atoms with Crippen molar-refractivity contribution in [2.45, 2.75) is 25.8 Å². The number of hydrogen-bond donors (Lipinski definition) is 2. The van der Waals surface area contributed by atoms with Crippen LogP contribution in [0.1, 0.15) is 30.1 Å². The molecule has 130 valence electrons. The van der Waals surface area contributed by atoms with Crippen LogP contribution in [0.4, 0.5) is 4.39 Å². The van der Waals surface area contributed by atoms with Gasteiger partial charge >= 0.3 is 0 Å². The van der Waals surface area contributed by atoms with Gasteiger partial charge in [0, 0.05) is 24.7 Å². The number of carbonyl (C=O) groups is 1. The van der Waals surface area contributed by atoms with Crippen molar-refractivity contribution in [3.8, 4) is 11.3 Å². The molecule has 5 nitrogen and oxygen atoms in total. The van der Waals surface area contributed by atoms with Crippen LogP contribution in [0.3, 0.4) is 0 Å². The SMILES string of the molecule is CC(N)C1CCCN(C(=O)c2cn[nH]c2-c2ccccc2F)C1.Cl. The van der Waals surface area contributed by atoms with Gasteiger partial charge in [0.05, 0.1) is 17.5 Å². The summed E-state index contributed by atoms with van der Waals surface area (Å²) in [6.07, 6.45) is 3.44. The van der Waals surface area contributed by atoms with Gasteiger partial charge in [-0.2, -0.15) is 5.10 Å². The Morgan fingerprint density at radius 1 is 1.46 bits per heavy atom. The zero-order valence-electron chi connectivity index (χ0n) is 13.5. The fourth-order valence-electron chi connectivity index (χ4n) is 3.11. The van der Waals surface area contributed by atoms with E-state index in [1.54, 1.807) is 23.1 Å². The third-order valence-electron chi connectivity index (χ3n) is 4.50. The number of rotatable bonds is 3. The smallest absolute Gasteiger partial charge is 0.257 e. The van der Waals surface area contributed by atoms with Crippen LogP contribution < -0.4 is 5.73 Å². The molecule has 0 bridgehead atoms. The van der Waals surface area contributed by atoms with E-state index in [1.807, 2.05) is 6.92 Å². The highest BCUT2D eigenvalue weighted by molar-refractivity contribution is 5.99. The molecule has 1 fully saturated rings. The number of benzene rings is 1. The summed E-state index contributed by atoms with van der Waals surface area (Å²) >= 11 is 0. The van der Waals surface area contributed by atoms with Gasteiger partial charge in [0.25, 0.3) is 5.91 Å². The Morgan fingerprint density at radius 2 is 2.21 bits per heavy atom. The minimum atomic E-state index is -0.377. The fourth-order valence-corrected chi connectivity index (χ4v) is 3.11. The Kier molecular flexibility index (Phi) is 5.96. The highest BCUT2D eigenvalue weighted by Gasteiger charge is 2.28. The van der Waals surface area contributed by atoms with Gasteiger partial charge in [0.1, 0.15) is 5.82 Å². The summed E-state index contributed by atoms with van der Waals surface area (Å²) in [5, 5.41) is 6.70. The summed E-state index contributed by atoms with van der Waals surface area (Å²) in [4.78, 5) is 14.6. The zero-order valence-corrected chi connectivity index (χ0v) is 14.4. The van der Waals surface area contributed by atoms with Crippen molar-refractivity contribution in [1.82, 2.24) is 15.1 Å². The Labute approximate surface area is 146 Å². The van der Waals surface area contributed by atoms with Crippen LogP contribution in [0.15, 0.2) is 30.5 Å². The highest BCUT2D eigenvalue weighted by Crippen LogP contribution is 2.27. The number of amides is 1. The summed E-state index contributed by atoms with van der Waals surface area (Å²) in [7, 11) is 0. The van der Waals surface area contributed by atoms with Crippen molar-refractivity contribution in [1.29, 1.82) is 0 Å². The van der Waals surface area contributed by atoms with Gasteiger partial charge in [-0.05, 0) is 37.8 Å². The van der Waals surface area contributed by atoms with Crippen molar-refractivity contribution in [2.75, 3.05) is 13.1 Å². The van der Waals surface area contributed by atoms with Gasteiger partial charge in [-0.1, -0.05) is 12.1 Å². The molecule has 1 aromatic carbocycles. The van der Waals surface area contributed by atoms with E-state index in [1.165, 1.54) is 12.3 Å². The Morgan fingerprint density at radius 3 is 2.92 bits per heavy atom. The highest BCUT2D eigenvalue weighted by atomic mass is 35.5. The summed E-state index contributed by atoms with van der Waals surface area (Å²) in [5.41, 5.74) is 7.17. The molecule has 0 spiro atoms. The molecule has 1 aromatic heterocycles. The number of nitrogens with two attached hydrogens (primary N) is 1. The van der Waals surface area contributed by atoms with Gasteiger partial charge in [0.15, 0.2) is 0 Å². The lowest BCUT2D eigenvalue weighted by Crippen LogP contribution is -2.45. The van der Waals surface area contributed by atoms with E-state index in [0.717, 1.165) is 12.8 Å². The minimum absolute atomic E-state index is 0. The van der Waals surface area contributed by atoms with Crippen LogP contribution in [0.25, 0.3) is 11.3 Å². The molecule has 1 aliphatic rings. The number of nitrogens with zero attached hydrogens (tertiary/aromatic N) is 2. The molecule has 2 aromatic rings. The summed E-state index contributed by atoms with van der Waals surface area (Å²) in [6.45, 7) is 3.31. The summed E-state index contributed by atoms with van der Waals surface area (Å²) in [6, 6.07) is 6.42. The Hall–Kier alpha value is -1.92. The first kappa shape index (κ1) is 18.4. The van der Waals surface area contributed by atoms with Gasteiger partial charge < -0.3 is 10.6 Å². The normalized spacial score (nSPS) is 18.8. The number of carbonyl (C=O) groups excluding carboxylic acids is 1. The number of H-pyrrole nitrogens is 1. The average molecular weight is 353 g/mol. The van der Waals surface area contributed by atoms with E-state index in [9.17, 15) is 9.18 Å². The van der Waals surface area contributed by atoms with Gasteiger partial charge in [-0.25, -0.2) is 4.39 Å². The lowest BCUT2D eigenvalue weighted by atomic mass is 9.91. The van der Waals surface area contributed by atoms with E-state index in [2.05, 4.69) is 10.2 Å². The van der Waals surface area contributed by atoms with Crippen molar-refractivity contribution < 1.29 is 9.18 Å². The van der Waals surface area contributed by atoms with E-state index in [-0.39, 0.29) is 30.2 Å². The molecule has 7 heteroatoms. The summed E-state index contributed by atoms with van der Waals surface area (Å²) < 4.78 is 14.0. The third kappa shape index (κ3) is 3.60. The molecule has 2 atom stereocenters. The Balaban J connectivity index is 0.00000208. The minimum Gasteiger partial charge on any atom is -0.338 e. The monoisotopic (exact) mass is 352 g/mol. The molecule has 1 saturated heterocycles. The quantitative estimate of drug-likeness (QED) is 0.891. The Bertz CT molecular complexity index is 703. The first-order valence-electron chi connectivity index (χ1n) is 7.91. The predicted octanol–water partition coefficient (Wildman–Crippen LogP) is 2.84. The molecule has 3 N–H and O–H groups in total. The molecular weight excluding hydrogens is 331 g/mol. The molecule has 3 rings (SSSR count). The molecule has 0 aliphatic carbocycles. The first-order chi connectivity index (χ1) is 11.1. The molecule has 0 radical (unpaired) electrons. The molecule has 1 aliphatic heterocycles. The van der Waals surface area contributed by atoms with E-state index in [4.69, 9.17) is 5.73 Å². The number of likely N-dealkylation sites (tertiary alicyclic amines) is 1. The second-order valence-corrected chi connectivity index (χ2v) is 6.15. The number of piperidine rings is 1. The van der Waals surface area contributed by atoms with Crippen LogP contribution in [0.2, 0.25) is 0 Å². The van der Waals surface area contributed by atoms with E-state index < -0.39 is 0 Å². The molecule has 2 heterocycles. The van der Waals surface area contributed by atoms with Gasteiger partial charge in [0.2, 0.25) is 0 Å². The zero-order chi connectivity index (χ0) is 16.4. The van der Waals surface area contributed by atoms with E-state index in [0.29, 0.717) is 35.8 Å². The molecule has 1 amide bonds.